The molecule has 1 aliphatic carbocycles. The average molecular weight is 921 g/mol. The van der Waals surface area contributed by atoms with Crippen LogP contribution in [0.25, 0.3) is 10.4 Å². The SMILES string of the molecule is Cc1ncsc1-c1ccc([C@H](C)NC(=O)[C@@H]2CCCN2C(=O)[C@@H](NC(=O)[C@H]2C[C@H](C(=O)N3CCC(c4cc(Nc5cc(C#N)ccn5)nc(N5CCC(F)(F)C5)c4)CC3)C2)C(C)(C)C)cc1. The van der Waals surface area contributed by atoms with E-state index in [2.05, 4.69) is 37.0 Å². The molecule has 0 radical (unpaired) electrons. The first-order chi connectivity index (χ1) is 31.5. The van der Waals surface area contributed by atoms with Crippen molar-refractivity contribution in [3.05, 3.63) is 82.6 Å². The molecule has 17 heteroatoms. The van der Waals surface area contributed by atoms with Crippen molar-refractivity contribution < 1.29 is 28.0 Å². The number of anilines is 3. The summed E-state index contributed by atoms with van der Waals surface area (Å²) in [7, 11) is 0. The van der Waals surface area contributed by atoms with Crippen LogP contribution in [0.3, 0.4) is 0 Å². The van der Waals surface area contributed by atoms with Gasteiger partial charge in [-0.05, 0) is 105 Å². The van der Waals surface area contributed by atoms with E-state index in [1.807, 2.05) is 81.4 Å². The molecule has 3 aromatic heterocycles. The number of aryl methyl sites for hydroxylation is 1. The third-order valence-corrected chi connectivity index (χ3v) is 14.6. The summed E-state index contributed by atoms with van der Waals surface area (Å²) in [6, 6.07) is 15.3. The number of likely N-dealkylation sites (tertiary alicyclic amines) is 2. The third kappa shape index (κ3) is 10.3. The number of thiazole rings is 1. The number of carbonyl (C=O) groups is 4. The summed E-state index contributed by atoms with van der Waals surface area (Å²) in [4.78, 5) is 75.0. The number of aromatic nitrogens is 3. The number of alkyl halides is 2. The highest BCUT2D eigenvalue weighted by molar-refractivity contribution is 7.13. The predicted octanol–water partition coefficient (Wildman–Crippen LogP) is 7.50. The first kappa shape index (κ1) is 46.5. The number of carbonyl (C=O) groups excluding carboxylic acids is 4. The molecule has 6 heterocycles. The minimum atomic E-state index is -2.81. The van der Waals surface area contributed by atoms with Crippen molar-refractivity contribution in [2.75, 3.05) is 42.9 Å². The van der Waals surface area contributed by atoms with Gasteiger partial charge >= 0.3 is 0 Å². The lowest BCUT2D eigenvalue weighted by Gasteiger charge is -2.41. The summed E-state index contributed by atoms with van der Waals surface area (Å²) in [6.45, 7) is 10.8. The number of piperidine rings is 1. The Morgan fingerprint density at radius 3 is 2.30 bits per heavy atom. The summed E-state index contributed by atoms with van der Waals surface area (Å²) in [6.07, 6.45) is 4.56. The predicted molar refractivity (Wildman–Crippen MR) is 248 cm³/mol. The van der Waals surface area contributed by atoms with Gasteiger partial charge in [-0.15, -0.1) is 11.3 Å². The molecule has 3 N–H and O–H groups in total. The number of amides is 4. The first-order valence-corrected chi connectivity index (χ1v) is 23.8. The third-order valence-electron chi connectivity index (χ3n) is 13.6. The monoisotopic (exact) mass is 920 g/mol. The van der Waals surface area contributed by atoms with Crippen LogP contribution < -0.4 is 20.9 Å². The lowest BCUT2D eigenvalue weighted by Crippen LogP contribution is -2.59. The van der Waals surface area contributed by atoms with E-state index in [1.54, 1.807) is 33.3 Å². The van der Waals surface area contributed by atoms with Gasteiger partial charge in [-0.3, -0.25) is 19.2 Å². The quantitative estimate of drug-likeness (QED) is 0.129. The number of rotatable bonds is 12. The molecule has 348 valence electrons. The van der Waals surface area contributed by atoms with E-state index >= 15 is 0 Å². The van der Waals surface area contributed by atoms with Gasteiger partial charge in [-0.25, -0.2) is 23.7 Å². The van der Waals surface area contributed by atoms with E-state index in [9.17, 15) is 33.2 Å². The largest absolute Gasteiger partial charge is 0.350 e. The number of halogens is 2. The van der Waals surface area contributed by atoms with Crippen LogP contribution >= 0.6 is 11.3 Å². The highest BCUT2D eigenvalue weighted by atomic mass is 32.1. The van der Waals surface area contributed by atoms with Gasteiger partial charge < -0.3 is 30.7 Å². The van der Waals surface area contributed by atoms with E-state index < -0.39 is 35.9 Å². The minimum absolute atomic E-state index is 0.00691. The smallest absolute Gasteiger partial charge is 0.266 e. The Morgan fingerprint density at radius 2 is 1.65 bits per heavy atom. The molecular formula is C49H58F2N10O4S. The molecule has 4 fully saturated rings. The number of benzene rings is 1. The maximum Gasteiger partial charge on any atom is 0.266 e. The number of nitrogens with zero attached hydrogens (tertiary/aromatic N) is 7. The van der Waals surface area contributed by atoms with Crippen molar-refractivity contribution in [2.45, 2.75) is 110 Å². The fraction of sp³-hybridized carbons (Fsp3) is 0.510. The van der Waals surface area contributed by atoms with Gasteiger partial charge in [0.25, 0.3) is 5.92 Å². The zero-order chi connectivity index (χ0) is 46.9. The van der Waals surface area contributed by atoms with Crippen LogP contribution in [0.5, 0.6) is 0 Å². The summed E-state index contributed by atoms with van der Waals surface area (Å²) >= 11 is 1.59. The van der Waals surface area contributed by atoms with E-state index in [1.165, 1.54) is 6.20 Å². The first-order valence-electron chi connectivity index (χ1n) is 22.9. The Labute approximate surface area is 388 Å². The van der Waals surface area contributed by atoms with Gasteiger partial charge in [-0.1, -0.05) is 45.0 Å². The lowest BCUT2D eigenvalue weighted by atomic mass is 9.73. The molecule has 3 saturated heterocycles. The van der Waals surface area contributed by atoms with Gasteiger partial charge in [0.1, 0.15) is 29.5 Å². The fourth-order valence-corrected chi connectivity index (χ4v) is 10.4. The topological polar surface area (TPSA) is 177 Å². The maximum atomic E-state index is 14.3. The van der Waals surface area contributed by atoms with Gasteiger partial charge in [0.05, 0.1) is 40.3 Å². The zero-order valence-electron chi connectivity index (χ0n) is 38.2. The van der Waals surface area contributed by atoms with Gasteiger partial charge in [0.15, 0.2) is 0 Å². The number of pyridine rings is 2. The molecule has 0 spiro atoms. The Balaban J connectivity index is 0.842. The molecular weight excluding hydrogens is 863 g/mol. The second-order valence-corrected chi connectivity index (χ2v) is 20.3. The van der Waals surface area contributed by atoms with E-state index in [-0.39, 0.29) is 54.5 Å². The fourth-order valence-electron chi connectivity index (χ4n) is 9.63. The molecule has 8 rings (SSSR count). The Morgan fingerprint density at radius 1 is 0.909 bits per heavy atom. The molecule has 0 unspecified atom stereocenters. The molecule has 3 atom stereocenters. The summed E-state index contributed by atoms with van der Waals surface area (Å²) in [5, 5.41) is 18.7. The van der Waals surface area contributed by atoms with Crippen molar-refractivity contribution in [3.8, 4) is 16.5 Å². The molecule has 14 nitrogen and oxygen atoms in total. The molecule has 1 aromatic carbocycles. The van der Waals surface area contributed by atoms with Crippen molar-refractivity contribution >= 4 is 52.4 Å². The van der Waals surface area contributed by atoms with Crippen LogP contribution in [0, 0.1) is 35.5 Å². The van der Waals surface area contributed by atoms with Crippen LogP contribution in [0.4, 0.5) is 26.2 Å². The van der Waals surface area contributed by atoms with E-state index in [4.69, 9.17) is 0 Å². The Hall–Kier alpha value is -6.02. The molecule has 4 aromatic rings. The van der Waals surface area contributed by atoms with Gasteiger partial charge in [-0.2, -0.15) is 5.26 Å². The standard InChI is InChI=1S/C49H58F2N10O4S/c1-29(32-8-10-34(11-9-32)42-30(2)54-28-66-42)55-45(63)38-7-6-17-61(38)47(65)43(48(3,4)5)58-44(62)36-22-37(23-36)46(64)59-18-13-33(14-19-59)35-24-40(56-39-21-31(26-52)12-16-53-39)57-41(25-35)60-20-15-49(50,51)27-60/h8-12,16,21,24-25,28-29,33,36-38,43H,6-7,13-15,17-20,22-23,27H2,1-5H3,(H,55,63)(H,58,62)(H,53,56,57)/t29-,36-,37-,38-,43+/m0/s1. The number of nitriles is 1. The second kappa shape index (κ2) is 19.1. The number of nitrogens with one attached hydrogen (secondary N) is 3. The summed E-state index contributed by atoms with van der Waals surface area (Å²) < 4.78 is 28.6. The van der Waals surface area contributed by atoms with Crippen LogP contribution in [0.2, 0.25) is 0 Å². The van der Waals surface area contributed by atoms with E-state index in [0.29, 0.717) is 81.2 Å². The van der Waals surface area contributed by atoms with Crippen LogP contribution in [-0.4, -0.2) is 99.1 Å². The van der Waals surface area contributed by atoms with Gasteiger partial charge in [0.2, 0.25) is 23.6 Å². The zero-order valence-corrected chi connectivity index (χ0v) is 39.0. The van der Waals surface area contributed by atoms with E-state index in [0.717, 1.165) is 27.3 Å². The van der Waals surface area contributed by atoms with Crippen molar-refractivity contribution in [1.82, 2.24) is 35.4 Å². The molecule has 0 bridgehead atoms. The number of hydrogen-bond donors (Lipinski definition) is 3. The highest BCUT2D eigenvalue weighted by Crippen LogP contribution is 2.40. The highest BCUT2D eigenvalue weighted by Gasteiger charge is 2.46. The number of hydrogen-bond acceptors (Lipinski definition) is 11. The lowest BCUT2D eigenvalue weighted by molar-refractivity contribution is -0.148. The molecule has 4 aliphatic rings. The van der Waals surface area contributed by atoms with Crippen molar-refractivity contribution in [2.24, 2.45) is 17.3 Å². The van der Waals surface area contributed by atoms with Crippen molar-refractivity contribution in [1.29, 1.82) is 5.26 Å². The average Bonchev–Trinajstić information content (AvgIpc) is 4.04. The normalized spacial score (nSPS) is 21.7. The van der Waals surface area contributed by atoms with Crippen molar-refractivity contribution in [3.63, 3.8) is 0 Å². The summed E-state index contributed by atoms with van der Waals surface area (Å²) in [5.74, 6) is -2.96. The molecule has 4 amide bonds. The van der Waals surface area contributed by atoms with Crippen LogP contribution in [0.1, 0.15) is 107 Å². The Bertz CT molecular complexity index is 2490. The molecule has 1 saturated carbocycles. The van der Waals surface area contributed by atoms with Gasteiger partial charge in [0, 0.05) is 50.6 Å². The Kier molecular flexibility index (Phi) is 13.4. The maximum absolute atomic E-state index is 14.3. The molecule has 3 aliphatic heterocycles. The second-order valence-electron chi connectivity index (χ2n) is 19.4. The summed E-state index contributed by atoms with van der Waals surface area (Å²) in [5.41, 5.74) is 5.52. The minimum Gasteiger partial charge on any atom is -0.350 e. The van der Waals surface area contributed by atoms with Crippen LogP contribution in [0.15, 0.2) is 60.2 Å². The molecule has 66 heavy (non-hydrogen) atoms. The van der Waals surface area contributed by atoms with Crippen LogP contribution in [-0.2, 0) is 19.2 Å².